The number of ether oxygens (including phenoxy) is 2. The van der Waals surface area contributed by atoms with Gasteiger partial charge in [0.1, 0.15) is 42.7 Å². The van der Waals surface area contributed by atoms with Crippen LogP contribution in [0.3, 0.4) is 0 Å². The summed E-state index contributed by atoms with van der Waals surface area (Å²) >= 11 is 0. The van der Waals surface area contributed by atoms with E-state index >= 15 is 0 Å². The van der Waals surface area contributed by atoms with E-state index in [9.17, 15) is 39.8 Å². The van der Waals surface area contributed by atoms with Crippen molar-refractivity contribution in [2.75, 3.05) is 19.8 Å². The lowest BCUT2D eigenvalue weighted by Gasteiger charge is -2.41. The number of unbranched alkanes of at least 4 members (excludes halogenated alkanes) is 36. The van der Waals surface area contributed by atoms with Crippen molar-refractivity contribution in [3.63, 3.8) is 0 Å². The van der Waals surface area contributed by atoms with Gasteiger partial charge in [0.15, 0.2) is 0 Å². The van der Waals surface area contributed by atoms with Gasteiger partial charge in [0.05, 0.1) is 13.2 Å². The van der Waals surface area contributed by atoms with Gasteiger partial charge in [0.2, 0.25) is 0 Å². The Balaban J connectivity index is 2.25. The molecule has 436 valence electrons. The molecule has 6 unspecified atom stereocenters. The van der Waals surface area contributed by atoms with E-state index in [2.05, 4.69) is 50.3 Å². The average Bonchev–Trinajstić information content (AvgIpc) is 3.39. The molecule has 1 saturated carbocycles. The van der Waals surface area contributed by atoms with E-state index in [1.165, 1.54) is 212 Å². The van der Waals surface area contributed by atoms with Crippen LogP contribution in [0.2, 0.25) is 0 Å². The first-order chi connectivity index (χ1) is 36.0. The molecule has 1 aliphatic rings. The zero-order valence-electron chi connectivity index (χ0n) is 47.4. The number of hydrogen-bond acceptors (Lipinski definition) is 11. The quantitative estimate of drug-likeness (QED) is 0.0146. The molecule has 0 saturated heterocycles. The van der Waals surface area contributed by atoms with Crippen LogP contribution in [0.25, 0.3) is 0 Å². The molecule has 1 rings (SSSR count). The molecule has 0 amide bonds. The summed E-state index contributed by atoms with van der Waals surface area (Å²) in [4.78, 5) is 23.4. The van der Waals surface area contributed by atoms with Gasteiger partial charge >= 0.3 is 13.8 Å². The maximum atomic E-state index is 12.9. The Labute approximate surface area is 452 Å². The van der Waals surface area contributed by atoms with Crippen LogP contribution >= 0.6 is 7.82 Å². The molecule has 0 radical (unpaired) electrons. The maximum absolute atomic E-state index is 12.9. The lowest BCUT2D eigenvalue weighted by Crippen LogP contribution is -2.64. The molecule has 6 N–H and O–H groups in total. The maximum Gasteiger partial charge on any atom is 0.472 e. The topological polar surface area (TPSA) is 192 Å². The van der Waals surface area contributed by atoms with Gasteiger partial charge in [-0.15, -0.1) is 0 Å². The number of allylic oxidation sites excluding steroid dienone is 6. The van der Waals surface area contributed by atoms with Crippen molar-refractivity contribution in [3.05, 3.63) is 36.5 Å². The van der Waals surface area contributed by atoms with Crippen LogP contribution in [0, 0.1) is 0 Å². The fourth-order valence-corrected chi connectivity index (χ4v) is 10.6. The number of carbonyl (C=O) groups is 1. The van der Waals surface area contributed by atoms with Crippen molar-refractivity contribution in [1.82, 2.24) is 0 Å². The SMILES string of the molecule is CCCCCCC/C=C\C/C=C\CCCCCCCCCCCCCC(=O)OC(COCCCCCCCCCCCCCC/C=C\CCCCCCCCCC)COP(=O)(O)OC1C(O)C(O)C(O)C(O)C1O. The largest absolute Gasteiger partial charge is 0.472 e. The van der Waals surface area contributed by atoms with Crippen LogP contribution in [0.4, 0.5) is 0 Å². The highest BCUT2D eigenvalue weighted by atomic mass is 31.2. The lowest BCUT2D eigenvalue weighted by molar-refractivity contribution is -0.220. The highest BCUT2D eigenvalue weighted by molar-refractivity contribution is 7.47. The molecule has 1 aliphatic carbocycles. The van der Waals surface area contributed by atoms with Crippen LogP contribution in [-0.4, -0.2) is 98.9 Å². The summed E-state index contributed by atoms with van der Waals surface area (Å²) < 4.78 is 34.5. The molecule has 6 atom stereocenters. The number of carbonyl (C=O) groups excluding carboxylic acids is 1. The standard InChI is InChI=1S/C61H115O12P/c1-3-5-7-9-11-13-15-17-19-21-23-25-27-29-31-33-35-37-39-41-43-45-47-49-51-70-52-54(53-71-74(68,69)73-61-59(66)57(64)56(63)58(65)60(61)67)72-55(62)50-48-46-44-42-40-38-36-34-32-30-28-26-24-22-20-18-16-14-12-10-8-6-4-2/h16,18,21-24,54,56-61,63-67H,3-15,17,19-20,25-53H2,1-2H3,(H,68,69)/b18-16-,23-21-,24-22-. The Kier molecular flexibility index (Phi) is 48.7. The van der Waals surface area contributed by atoms with Crippen molar-refractivity contribution in [2.45, 2.75) is 326 Å². The van der Waals surface area contributed by atoms with Gasteiger partial charge < -0.3 is 39.9 Å². The molecular formula is C61H115O12P. The number of aliphatic hydroxyl groups is 5. The second kappa shape index (κ2) is 51.0. The molecule has 12 nitrogen and oxygen atoms in total. The Hall–Kier alpha value is -1.44. The van der Waals surface area contributed by atoms with Crippen LogP contribution in [-0.2, 0) is 27.9 Å². The molecule has 0 aliphatic heterocycles. The van der Waals surface area contributed by atoms with E-state index in [-0.39, 0.29) is 13.0 Å². The Bertz CT molecular complexity index is 1360. The first kappa shape index (κ1) is 70.6. The minimum absolute atomic E-state index is 0.0750. The van der Waals surface area contributed by atoms with Crippen molar-refractivity contribution >= 4 is 13.8 Å². The summed E-state index contributed by atoms with van der Waals surface area (Å²) in [6.07, 6.45) is 52.2. The predicted octanol–water partition coefficient (Wildman–Crippen LogP) is 15.3. The van der Waals surface area contributed by atoms with Gasteiger partial charge in [-0.2, -0.15) is 0 Å². The normalized spacial score (nSPS) is 20.6. The zero-order chi connectivity index (χ0) is 54.0. The zero-order valence-corrected chi connectivity index (χ0v) is 48.3. The van der Waals surface area contributed by atoms with Crippen molar-refractivity contribution < 1.29 is 58.3 Å². The number of hydrogen-bond donors (Lipinski definition) is 6. The summed E-state index contributed by atoms with van der Waals surface area (Å²) in [6.45, 7) is 4.30. The van der Waals surface area contributed by atoms with Crippen molar-refractivity contribution in [2.24, 2.45) is 0 Å². The molecule has 0 bridgehead atoms. The van der Waals surface area contributed by atoms with Gasteiger partial charge in [-0.25, -0.2) is 4.57 Å². The number of phosphoric ester groups is 1. The number of esters is 1. The van der Waals surface area contributed by atoms with Gasteiger partial charge in [-0.1, -0.05) is 243 Å². The number of rotatable bonds is 54. The Morgan fingerprint density at radius 3 is 1.15 bits per heavy atom. The summed E-state index contributed by atoms with van der Waals surface area (Å²) in [5.74, 6) is -0.475. The monoisotopic (exact) mass is 1070 g/mol. The van der Waals surface area contributed by atoms with E-state index < -0.39 is 63.1 Å². The molecule has 0 aromatic heterocycles. The van der Waals surface area contributed by atoms with E-state index in [0.717, 1.165) is 44.9 Å². The van der Waals surface area contributed by atoms with E-state index in [1.807, 2.05) is 0 Å². The summed E-state index contributed by atoms with van der Waals surface area (Å²) in [5, 5.41) is 50.5. The molecule has 0 aromatic carbocycles. The smallest absolute Gasteiger partial charge is 0.457 e. The molecule has 1 fully saturated rings. The number of aliphatic hydroxyl groups excluding tert-OH is 5. The van der Waals surface area contributed by atoms with E-state index in [1.54, 1.807) is 0 Å². The molecule has 0 heterocycles. The highest BCUT2D eigenvalue weighted by Gasteiger charge is 2.51. The lowest BCUT2D eigenvalue weighted by atomic mass is 9.85. The van der Waals surface area contributed by atoms with Gasteiger partial charge in [-0.3, -0.25) is 13.8 Å². The summed E-state index contributed by atoms with van der Waals surface area (Å²) in [5.41, 5.74) is 0. The molecule has 0 aromatic rings. The predicted molar refractivity (Wildman–Crippen MR) is 304 cm³/mol. The van der Waals surface area contributed by atoms with Crippen molar-refractivity contribution in [3.8, 4) is 0 Å². The second-order valence-corrected chi connectivity index (χ2v) is 23.0. The average molecular weight is 1070 g/mol. The third-order valence-corrected chi connectivity index (χ3v) is 15.5. The molecular weight excluding hydrogens is 956 g/mol. The molecule has 74 heavy (non-hydrogen) atoms. The van der Waals surface area contributed by atoms with Crippen LogP contribution in [0.15, 0.2) is 36.5 Å². The Morgan fingerprint density at radius 2 is 0.757 bits per heavy atom. The number of phosphoric acid groups is 1. The van der Waals surface area contributed by atoms with Crippen LogP contribution in [0.5, 0.6) is 0 Å². The third-order valence-electron chi connectivity index (χ3n) is 14.5. The fraction of sp³-hybridized carbons (Fsp3) is 0.885. The van der Waals surface area contributed by atoms with E-state index in [0.29, 0.717) is 13.0 Å². The van der Waals surface area contributed by atoms with Gasteiger partial charge in [0, 0.05) is 13.0 Å². The van der Waals surface area contributed by atoms with Crippen molar-refractivity contribution in [1.29, 1.82) is 0 Å². The van der Waals surface area contributed by atoms with Crippen LogP contribution in [0.1, 0.15) is 284 Å². The highest BCUT2D eigenvalue weighted by Crippen LogP contribution is 2.47. The van der Waals surface area contributed by atoms with Gasteiger partial charge in [-0.05, 0) is 70.6 Å². The first-order valence-corrected chi connectivity index (χ1v) is 32.3. The van der Waals surface area contributed by atoms with Gasteiger partial charge in [0.25, 0.3) is 0 Å². The molecule has 0 spiro atoms. The summed E-state index contributed by atoms with van der Waals surface area (Å²) in [7, 11) is -5.03. The summed E-state index contributed by atoms with van der Waals surface area (Å²) in [6, 6.07) is 0. The minimum Gasteiger partial charge on any atom is -0.457 e. The third kappa shape index (κ3) is 41.6. The molecule has 13 heteroatoms. The van der Waals surface area contributed by atoms with E-state index in [4.69, 9.17) is 18.5 Å². The Morgan fingerprint density at radius 1 is 0.432 bits per heavy atom. The first-order valence-electron chi connectivity index (χ1n) is 30.8. The fourth-order valence-electron chi connectivity index (χ4n) is 9.62. The van der Waals surface area contributed by atoms with Crippen LogP contribution < -0.4 is 0 Å². The minimum atomic E-state index is -5.03. The second-order valence-electron chi connectivity index (χ2n) is 21.5.